The van der Waals surface area contributed by atoms with Crippen LogP contribution in [0.5, 0.6) is 5.75 Å². The first-order chi connectivity index (χ1) is 18.5. The average Bonchev–Trinajstić information content (AvgIpc) is 3.23. The summed E-state index contributed by atoms with van der Waals surface area (Å²) in [5.41, 5.74) is 0.964. The highest BCUT2D eigenvalue weighted by atomic mass is 35.5. The number of phenols is 1. The number of hydrogen-bond acceptors (Lipinski definition) is 7. The molecule has 0 bridgehead atoms. The zero-order valence-electron chi connectivity index (χ0n) is 20.0. The molecule has 2 atom stereocenters. The normalized spacial score (nSPS) is 14.6. The Morgan fingerprint density at radius 3 is 2.28 bits per heavy atom. The van der Waals surface area contributed by atoms with Gasteiger partial charge < -0.3 is 26.0 Å². The fourth-order valence-corrected chi connectivity index (χ4v) is 4.67. The summed E-state index contributed by atoms with van der Waals surface area (Å²) in [5, 5.41) is 34.0. The number of ketones is 1. The van der Waals surface area contributed by atoms with Crippen molar-refractivity contribution in [1.29, 1.82) is 0 Å². The van der Waals surface area contributed by atoms with E-state index in [1.807, 2.05) is 0 Å². The predicted molar refractivity (Wildman–Crippen MR) is 143 cm³/mol. The Bertz CT molecular complexity index is 1500. The Hall–Kier alpha value is -4.25. The fourth-order valence-electron chi connectivity index (χ4n) is 3.97. The second kappa shape index (κ2) is 11.6. The molecular formula is C27H21Cl2N3O7. The molecule has 0 saturated carbocycles. The Kier molecular flexibility index (Phi) is 8.29. The van der Waals surface area contributed by atoms with Crippen LogP contribution in [0, 0.1) is 0 Å². The van der Waals surface area contributed by atoms with Gasteiger partial charge >= 0.3 is 5.97 Å². The molecule has 0 fully saturated rings. The van der Waals surface area contributed by atoms with Crippen LogP contribution in [0.3, 0.4) is 0 Å². The van der Waals surface area contributed by atoms with E-state index >= 15 is 0 Å². The van der Waals surface area contributed by atoms with Gasteiger partial charge in [-0.05, 0) is 35.9 Å². The lowest BCUT2D eigenvalue weighted by Gasteiger charge is -2.16. The lowest BCUT2D eigenvalue weighted by molar-refractivity contribution is -0.141. The first-order valence-corrected chi connectivity index (χ1v) is 12.3. The van der Waals surface area contributed by atoms with Crippen molar-refractivity contribution < 1.29 is 34.5 Å². The van der Waals surface area contributed by atoms with Crippen LogP contribution in [0.2, 0.25) is 10.0 Å². The topological polar surface area (TPSA) is 165 Å². The minimum Gasteiger partial charge on any atom is -0.508 e. The van der Waals surface area contributed by atoms with Gasteiger partial charge in [-0.3, -0.25) is 14.4 Å². The summed E-state index contributed by atoms with van der Waals surface area (Å²) < 4.78 is 0. The number of aliphatic imine (C=N–C) groups is 1. The van der Waals surface area contributed by atoms with Crippen molar-refractivity contribution in [2.24, 2.45) is 4.99 Å². The van der Waals surface area contributed by atoms with Crippen molar-refractivity contribution in [2.45, 2.75) is 25.1 Å². The van der Waals surface area contributed by atoms with E-state index in [1.54, 1.807) is 36.4 Å². The van der Waals surface area contributed by atoms with E-state index < -0.39 is 42.1 Å². The predicted octanol–water partition coefficient (Wildman–Crippen LogP) is 3.59. The molecule has 12 heteroatoms. The number of carbonyl (C=O) groups is 4. The third-order valence-corrected chi connectivity index (χ3v) is 6.50. The molecule has 1 aliphatic heterocycles. The number of fused-ring (bicyclic) bond motifs is 1. The minimum atomic E-state index is -1.68. The maximum absolute atomic E-state index is 13.0. The van der Waals surface area contributed by atoms with E-state index in [2.05, 4.69) is 15.6 Å². The standard InChI is InChI=1S/C27H21Cl2N3O7/c28-17-9-14(25(36)30-12-13-4-3-5-15(33)8-13)10-18(29)22(17)21(34)11-20(27(38)39)32-26(37)23-24(35)16-6-1-2-7-19(16)31-23/h1-10,20,24,33,35H,11-12H2,(H,30,36)(H,32,37)(H,38,39). The quantitative estimate of drug-likeness (QED) is 0.245. The number of aliphatic carboxylic acids is 1. The van der Waals surface area contributed by atoms with Crippen LogP contribution in [0.1, 0.15) is 44.4 Å². The van der Waals surface area contributed by atoms with Gasteiger partial charge in [0.2, 0.25) is 0 Å². The molecule has 5 N–H and O–H groups in total. The highest BCUT2D eigenvalue weighted by Crippen LogP contribution is 2.33. The van der Waals surface area contributed by atoms with E-state index in [-0.39, 0.29) is 39.2 Å². The number of carbonyl (C=O) groups excluding carboxylic acids is 3. The van der Waals surface area contributed by atoms with E-state index in [1.165, 1.54) is 24.3 Å². The summed E-state index contributed by atoms with van der Waals surface area (Å²) in [7, 11) is 0. The van der Waals surface area contributed by atoms with Gasteiger partial charge in [-0.25, -0.2) is 9.79 Å². The van der Waals surface area contributed by atoms with Crippen LogP contribution in [-0.2, 0) is 16.1 Å². The minimum absolute atomic E-state index is 0.0454. The molecule has 0 aromatic heterocycles. The monoisotopic (exact) mass is 569 g/mol. The van der Waals surface area contributed by atoms with Gasteiger partial charge in [-0.15, -0.1) is 0 Å². The van der Waals surface area contributed by atoms with E-state index in [4.69, 9.17) is 23.2 Å². The summed E-state index contributed by atoms with van der Waals surface area (Å²) >= 11 is 12.5. The molecule has 0 spiro atoms. The van der Waals surface area contributed by atoms with Crippen LogP contribution in [0.15, 0.2) is 65.7 Å². The summed E-state index contributed by atoms with van der Waals surface area (Å²) in [4.78, 5) is 54.2. The number of halogens is 2. The lowest BCUT2D eigenvalue weighted by atomic mass is 10.0. The Morgan fingerprint density at radius 1 is 0.949 bits per heavy atom. The van der Waals surface area contributed by atoms with Crippen molar-refractivity contribution in [1.82, 2.24) is 10.6 Å². The molecular weight excluding hydrogens is 549 g/mol. The molecule has 0 radical (unpaired) electrons. The number of aliphatic hydroxyl groups excluding tert-OH is 1. The van der Waals surface area contributed by atoms with Gasteiger partial charge in [0.05, 0.1) is 21.3 Å². The lowest BCUT2D eigenvalue weighted by Crippen LogP contribution is -2.45. The van der Waals surface area contributed by atoms with E-state index in [9.17, 15) is 34.5 Å². The smallest absolute Gasteiger partial charge is 0.326 e. The molecule has 0 saturated heterocycles. The molecule has 200 valence electrons. The highest BCUT2D eigenvalue weighted by Gasteiger charge is 2.33. The number of carboxylic acid groups (broad SMARTS) is 1. The first kappa shape index (κ1) is 27.8. The molecule has 39 heavy (non-hydrogen) atoms. The number of benzene rings is 3. The largest absolute Gasteiger partial charge is 0.508 e. The Labute approximate surface area is 231 Å². The number of rotatable bonds is 9. The van der Waals surface area contributed by atoms with Gasteiger partial charge in [-0.1, -0.05) is 53.5 Å². The van der Waals surface area contributed by atoms with Crippen molar-refractivity contribution in [2.75, 3.05) is 0 Å². The van der Waals surface area contributed by atoms with Crippen LogP contribution >= 0.6 is 23.2 Å². The molecule has 4 rings (SSSR count). The molecule has 3 aromatic rings. The number of nitrogens with zero attached hydrogens (tertiary/aromatic N) is 1. The molecule has 10 nitrogen and oxygen atoms in total. The van der Waals surface area contributed by atoms with E-state index in [0.717, 1.165) is 0 Å². The summed E-state index contributed by atoms with van der Waals surface area (Å²) in [6.45, 7) is 0.105. The first-order valence-electron chi connectivity index (χ1n) is 11.5. The van der Waals surface area contributed by atoms with Crippen LogP contribution in [-0.4, -0.2) is 50.6 Å². The maximum Gasteiger partial charge on any atom is 0.326 e. The number of aromatic hydroxyl groups is 1. The van der Waals surface area contributed by atoms with Crippen LogP contribution < -0.4 is 10.6 Å². The summed E-state index contributed by atoms with van der Waals surface area (Å²) in [6.07, 6.45) is -2.05. The van der Waals surface area contributed by atoms with Crippen molar-refractivity contribution >= 4 is 58.2 Å². The second-order valence-corrected chi connectivity index (χ2v) is 9.43. The Morgan fingerprint density at radius 2 is 1.64 bits per heavy atom. The van der Waals surface area contributed by atoms with Gasteiger partial charge in [0, 0.05) is 24.1 Å². The third kappa shape index (κ3) is 6.26. The van der Waals surface area contributed by atoms with Crippen LogP contribution in [0.25, 0.3) is 0 Å². The second-order valence-electron chi connectivity index (χ2n) is 8.62. The molecule has 3 aromatic carbocycles. The van der Waals surface area contributed by atoms with Crippen LogP contribution in [0.4, 0.5) is 5.69 Å². The average molecular weight is 570 g/mol. The van der Waals surface area contributed by atoms with Gasteiger partial charge in [-0.2, -0.15) is 0 Å². The van der Waals surface area contributed by atoms with Gasteiger partial charge in [0.15, 0.2) is 5.78 Å². The number of Topliss-reactive ketones (excluding diaryl/α,β-unsaturated/α-hetero) is 1. The number of para-hydroxylation sites is 1. The molecule has 0 aliphatic carbocycles. The maximum atomic E-state index is 13.0. The van der Waals surface area contributed by atoms with Gasteiger partial charge in [0.1, 0.15) is 23.6 Å². The number of aliphatic hydroxyl groups is 1. The van der Waals surface area contributed by atoms with Crippen molar-refractivity contribution in [3.63, 3.8) is 0 Å². The SMILES string of the molecule is O=C(NC(CC(=O)c1c(Cl)cc(C(=O)NCc2cccc(O)c2)cc1Cl)C(=O)O)C1=Nc2ccccc2C1O. The number of carboxylic acids is 1. The number of nitrogens with one attached hydrogen (secondary N) is 2. The Balaban J connectivity index is 1.44. The number of amides is 2. The third-order valence-electron chi connectivity index (χ3n) is 5.90. The molecule has 2 amide bonds. The highest BCUT2D eigenvalue weighted by molar-refractivity contribution is 6.43. The zero-order valence-corrected chi connectivity index (χ0v) is 21.5. The summed E-state index contributed by atoms with van der Waals surface area (Å²) in [5.74, 6) is -3.74. The van der Waals surface area contributed by atoms with E-state index in [0.29, 0.717) is 16.8 Å². The molecule has 1 heterocycles. The van der Waals surface area contributed by atoms with Crippen molar-refractivity contribution in [3.05, 3.63) is 93.0 Å². The molecule has 2 unspecified atom stereocenters. The van der Waals surface area contributed by atoms with Crippen molar-refractivity contribution in [3.8, 4) is 5.75 Å². The fraction of sp³-hybridized carbons (Fsp3) is 0.148. The molecule has 1 aliphatic rings. The zero-order chi connectivity index (χ0) is 28.3. The number of hydrogen-bond donors (Lipinski definition) is 5. The summed E-state index contributed by atoms with van der Waals surface area (Å²) in [6, 6.07) is 13.6. The number of phenolic OH excluding ortho intramolecular Hbond substituents is 1. The van der Waals surface area contributed by atoms with Gasteiger partial charge in [0.25, 0.3) is 11.8 Å².